The van der Waals surface area contributed by atoms with Crippen LogP contribution in [0.2, 0.25) is 10.0 Å². The highest BCUT2D eigenvalue weighted by Gasteiger charge is 2.27. The van der Waals surface area contributed by atoms with Crippen LogP contribution in [0.15, 0.2) is 66.0 Å². The predicted molar refractivity (Wildman–Crippen MR) is 124 cm³/mol. The second-order valence-electron chi connectivity index (χ2n) is 6.77. The molecular formula is C23H16Cl2N4OS. The Hall–Kier alpha value is -3.11. The lowest BCUT2D eigenvalue weighted by molar-refractivity contribution is 0.0934. The summed E-state index contributed by atoms with van der Waals surface area (Å²) in [7, 11) is 0. The van der Waals surface area contributed by atoms with Crippen LogP contribution in [0.25, 0.3) is 16.3 Å². The average Bonchev–Trinajstić information content (AvgIpc) is 3.41. The van der Waals surface area contributed by atoms with Gasteiger partial charge in [0.25, 0.3) is 5.91 Å². The van der Waals surface area contributed by atoms with E-state index in [9.17, 15) is 10.1 Å². The quantitative estimate of drug-likeness (QED) is 0.376. The minimum absolute atomic E-state index is 0.0414. The van der Waals surface area contributed by atoms with Gasteiger partial charge in [-0.05, 0) is 42.1 Å². The van der Waals surface area contributed by atoms with Crippen LogP contribution in [0.4, 0.5) is 0 Å². The number of carbonyl (C=O) groups excluding carboxylic acids is 1. The van der Waals surface area contributed by atoms with E-state index in [-0.39, 0.29) is 17.3 Å². The standard InChI is InChI=1S/C23H16Cl2N4OS/c1-14(15-6-3-2-4-7-15)27-23(30)21-17(13-26)22(20-8-5-11-31-20)29(28-21)19-10-9-16(24)12-18(19)25/h2-12,14H,1H3,(H,27,30)/t14-/m1/s1. The van der Waals surface area contributed by atoms with Gasteiger partial charge in [0.2, 0.25) is 0 Å². The summed E-state index contributed by atoms with van der Waals surface area (Å²) < 4.78 is 1.53. The fraction of sp³-hybridized carbons (Fsp3) is 0.0870. The Morgan fingerprint density at radius 3 is 2.58 bits per heavy atom. The van der Waals surface area contributed by atoms with E-state index in [0.717, 1.165) is 10.4 Å². The largest absolute Gasteiger partial charge is 0.344 e. The van der Waals surface area contributed by atoms with Crippen LogP contribution >= 0.6 is 34.5 Å². The average molecular weight is 467 g/mol. The predicted octanol–water partition coefficient (Wildman–Crippen LogP) is 6.27. The Morgan fingerprint density at radius 2 is 1.94 bits per heavy atom. The molecule has 0 radical (unpaired) electrons. The van der Waals surface area contributed by atoms with E-state index in [2.05, 4.69) is 16.5 Å². The molecule has 2 heterocycles. The lowest BCUT2D eigenvalue weighted by Crippen LogP contribution is -2.27. The molecular weight excluding hydrogens is 451 g/mol. The summed E-state index contributed by atoms with van der Waals surface area (Å²) in [5.41, 5.74) is 2.22. The van der Waals surface area contributed by atoms with E-state index in [4.69, 9.17) is 23.2 Å². The third-order valence-electron chi connectivity index (χ3n) is 4.75. The first kappa shape index (κ1) is 21.1. The number of benzene rings is 2. The lowest BCUT2D eigenvalue weighted by atomic mass is 10.1. The van der Waals surface area contributed by atoms with Crippen molar-refractivity contribution in [3.8, 4) is 22.3 Å². The molecule has 0 fully saturated rings. The Balaban J connectivity index is 1.82. The van der Waals surface area contributed by atoms with Crippen LogP contribution in [-0.2, 0) is 0 Å². The zero-order chi connectivity index (χ0) is 22.0. The van der Waals surface area contributed by atoms with Crippen LogP contribution in [0, 0.1) is 11.3 Å². The number of aromatic nitrogens is 2. The van der Waals surface area contributed by atoms with Crippen molar-refractivity contribution in [3.63, 3.8) is 0 Å². The van der Waals surface area contributed by atoms with Gasteiger partial charge in [0.1, 0.15) is 17.3 Å². The van der Waals surface area contributed by atoms with Crippen molar-refractivity contribution in [3.05, 3.63) is 92.9 Å². The van der Waals surface area contributed by atoms with Gasteiger partial charge in [-0.3, -0.25) is 4.79 Å². The molecule has 0 unspecified atom stereocenters. The monoisotopic (exact) mass is 466 g/mol. The summed E-state index contributed by atoms with van der Waals surface area (Å²) in [6.07, 6.45) is 0. The van der Waals surface area contributed by atoms with Gasteiger partial charge in [0, 0.05) is 5.02 Å². The second-order valence-corrected chi connectivity index (χ2v) is 8.57. The van der Waals surface area contributed by atoms with Crippen LogP contribution in [0.1, 0.15) is 34.6 Å². The van der Waals surface area contributed by atoms with Gasteiger partial charge in [-0.1, -0.05) is 59.6 Å². The summed E-state index contributed by atoms with van der Waals surface area (Å²) in [5, 5.41) is 20.1. The highest BCUT2D eigenvalue weighted by atomic mass is 35.5. The Labute approximate surface area is 193 Å². The first-order valence-corrected chi connectivity index (χ1v) is 11.0. The molecule has 4 aromatic rings. The second kappa shape index (κ2) is 8.94. The number of rotatable bonds is 5. The first-order chi connectivity index (χ1) is 15.0. The van der Waals surface area contributed by atoms with Crippen molar-refractivity contribution in [1.82, 2.24) is 15.1 Å². The molecule has 31 heavy (non-hydrogen) atoms. The molecule has 2 aromatic carbocycles. The van der Waals surface area contributed by atoms with Crippen molar-refractivity contribution < 1.29 is 4.79 Å². The number of nitriles is 1. The fourth-order valence-electron chi connectivity index (χ4n) is 3.24. The number of hydrogen-bond acceptors (Lipinski definition) is 4. The van der Waals surface area contributed by atoms with Crippen LogP contribution in [0.3, 0.4) is 0 Å². The van der Waals surface area contributed by atoms with Crippen molar-refractivity contribution in [2.75, 3.05) is 0 Å². The molecule has 0 saturated heterocycles. The van der Waals surface area contributed by atoms with E-state index >= 15 is 0 Å². The third-order valence-corrected chi connectivity index (χ3v) is 6.17. The van der Waals surface area contributed by atoms with Gasteiger partial charge in [-0.2, -0.15) is 10.4 Å². The molecule has 2 aromatic heterocycles. The summed E-state index contributed by atoms with van der Waals surface area (Å²) in [6, 6.07) is 20.2. The Morgan fingerprint density at radius 1 is 1.16 bits per heavy atom. The maximum absolute atomic E-state index is 13.1. The summed E-state index contributed by atoms with van der Waals surface area (Å²) in [4.78, 5) is 13.9. The van der Waals surface area contributed by atoms with E-state index in [1.165, 1.54) is 16.0 Å². The Kier molecular flexibility index (Phi) is 6.10. The van der Waals surface area contributed by atoms with Gasteiger partial charge in [-0.15, -0.1) is 11.3 Å². The van der Waals surface area contributed by atoms with E-state index in [1.54, 1.807) is 18.2 Å². The minimum atomic E-state index is -0.436. The van der Waals surface area contributed by atoms with E-state index in [0.29, 0.717) is 21.4 Å². The zero-order valence-electron chi connectivity index (χ0n) is 16.3. The van der Waals surface area contributed by atoms with Gasteiger partial charge in [0.05, 0.1) is 21.6 Å². The van der Waals surface area contributed by atoms with E-state index < -0.39 is 5.91 Å². The highest BCUT2D eigenvalue weighted by Crippen LogP contribution is 2.35. The number of nitrogens with zero attached hydrogens (tertiary/aromatic N) is 3. The fourth-order valence-corrected chi connectivity index (χ4v) is 4.49. The van der Waals surface area contributed by atoms with Crippen LogP contribution in [0.5, 0.6) is 0 Å². The third kappa shape index (κ3) is 4.21. The van der Waals surface area contributed by atoms with Crippen molar-refractivity contribution in [2.45, 2.75) is 13.0 Å². The van der Waals surface area contributed by atoms with E-state index in [1.807, 2.05) is 54.8 Å². The number of carbonyl (C=O) groups is 1. The molecule has 0 saturated carbocycles. The molecule has 0 bridgehead atoms. The number of halogens is 2. The minimum Gasteiger partial charge on any atom is -0.344 e. The van der Waals surface area contributed by atoms with Crippen LogP contribution in [-0.4, -0.2) is 15.7 Å². The number of nitrogens with one attached hydrogen (secondary N) is 1. The topological polar surface area (TPSA) is 70.7 Å². The normalized spacial score (nSPS) is 11.7. The molecule has 1 N–H and O–H groups in total. The maximum Gasteiger partial charge on any atom is 0.273 e. The number of thiophene rings is 1. The number of amides is 1. The maximum atomic E-state index is 13.1. The molecule has 0 aliphatic carbocycles. The zero-order valence-corrected chi connectivity index (χ0v) is 18.7. The molecule has 154 valence electrons. The lowest BCUT2D eigenvalue weighted by Gasteiger charge is -2.13. The van der Waals surface area contributed by atoms with Crippen molar-refractivity contribution >= 4 is 40.4 Å². The molecule has 0 aliphatic heterocycles. The van der Waals surface area contributed by atoms with Gasteiger partial charge in [-0.25, -0.2) is 4.68 Å². The number of hydrogen-bond donors (Lipinski definition) is 1. The SMILES string of the molecule is C[C@@H](NC(=O)c1nn(-c2ccc(Cl)cc2Cl)c(-c2cccs2)c1C#N)c1ccccc1. The van der Waals surface area contributed by atoms with Crippen LogP contribution < -0.4 is 5.32 Å². The molecule has 1 amide bonds. The van der Waals surface area contributed by atoms with Crippen molar-refractivity contribution in [1.29, 1.82) is 5.26 Å². The molecule has 0 spiro atoms. The summed E-state index contributed by atoms with van der Waals surface area (Å²) in [5.74, 6) is -0.436. The van der Waals surface area contributed by atoms with Gasteiger partial charge < -0.3 is 5.32 Å². The highest BCUT2D eigenvalue weighted by molar-refractivity contribution is 7.13. The summed E-state index contributed by atoms with van der Waals surface area (Å²) in [6.45, 7) is 1.88. The Bertz CT molecular complexity index is 1280. The van der Waals surface area contributed by atoms with Gasteiger partial charge >= 0.3 is 0 Å². The molecule has 1 atom stereocenters. The summed E-state index contributed by atoms with van der Waals surface area (Å²) >= 11 is 13.9. The molecule has 4 rings (SSSR count). The molecule has 0 aliphatic rings. The van der Waals surface area contributed by atoms with Crippen molar-refractivity contribution in [2.24, 2.45) is 0 Å². The smallest absolute Gasteiger partial charge is 0.273 e. The van der Waals surface area contributed by atoms with Gasteiger partial charge in [0.15, 0.2) is 5.69 Å². The molecule has 8 heteroatoms. The molecule has 5 nitrogen and oxygen atoms in total. The first-order valence-electron chi connectivity index (χ1n) is 9.38.